The van der Waals surface area contributed by atoms with Crippen molar-refractivity contribution in [3.8, 4) is 22.7 Å². The van der Waals surface area contributed by atoms with Crippen LogP contribution in [0.5, 0.6) is 0 Å². The van der Waals surface area contributed by atoms with Gasteiger partial charge in [0.05, 0.1) is 16.7 Å². The Bertz CT molecular complexity index is 1430. The third-order valence-corrected chi connectivity index (χ3v) is 5.06. The summed E-state index contributed by atoms with van der Waals surface area (Å²) in [4.78, 5) is 4.57. The zero-order valence-corrected chi connectivity index (χ0v) is 14.9. The molecule has 0 N–H and O–H groups in total. The van der Waals surface area contributed by atoms with E-state index in [0.717, 1.165) is 39.0 Å². The molecule has 6 rings (SSSR count). The fourth-order valence-corrected chi connectivity index (χ4v) is 3.62. The van der Waals surface area contributed by atoms with Crippen LogP contribution in [0.3, 0.4) is 0 Å². The Morgan fingerprint density at radius 2 is 1.50 bits per heavy atom. The fraction of sp³-hybridized carbons (Fsp3) is 0. The molecule has 0 aliphatic heterocycles. The Balaban J connectivity index is 1.42. The van der Waals surface area contributed by atoms with Crippen LogP contribution in [0, 0.1) is 0 Å². The van der Waals surface area contributed by atoms with Gasteiger partial charge in [0, 0.05) is 16.5 Å². The van der Waals surface area contributed by atoms with Crippen molar-refractivity contribution in [2.24, 2.45) is 0 Å². The van der Waals surface area contributed by atoms with Gasteiger partial charge in [-0.3, -0.25) is 0 Å². The number of pyridine rings is 1. The van der Waals surface area contributed by atoms with E-state index >= 15 is 0 Å². The van der Waals surface area contributed by atoms with Crippen LogP contribution in [0.15, 0.2) is 95.4 Å². The Morgan fingerprint density at radius 1 is 0.714 bits per heavy atom. The molecule has 28 heavy (non-hydrogen) atoms. The van der Waals surface area contributed by atoms with E-state index in [2.05, 4.69) is 47.4 Å². The van der Waals surface area contributed by atoms with Crippen LogP contribution in [0.2, 0.25) is 0 Å². The number of oxazole rings is 1. The first kappa shape index (κ1) is 15.2. The number of rotatable bonds is 2. The molecule has 3 aromatic heterocycles. The van der Waals surface area contributed by atoms with Crippen molar-refractivity contribution in [1.82, 2.24) is 14.6 Å². The molecule has 4 nitrogen and oxygen atoms in total. The summed E-state index contributed by atoms with van der Waals surface area (Å²) in [6.45, 7) is 0. The molecule has 0 aliphatic carbocycles. The number of fused-ring (bicyclic) bond motifs is 4. The Kier molecular flexibility index (Phi) is 3.14. The van der Waals surface area contributed by atoms with Crippen molar-refractivity contribution in [2.75, 3.05) is 0 Å². The van der Waals surface area contributed by atoms with Gasteiger partial charge in [-0.25, -0.2) is 9.50 Å². The summed E-state index contributed by atoms with van der Waals surface area (Å²) in [5.74, 6) is 0.633. The highest BCUT2D eigenvalue weighted by Crippen LogP contribution is 2.28. The molecule has 132 valence electrons. The second-order valence-electron chi connectivity index (χ2n) is 6.82. The molecule has 0 atom stereocenters. The lowest BCUT2D eigenvalue weighted by Gasteiger charge is -2.00. The number of hydrogen-bond acceptors (Lipinski definition) is 3. The summed E-state index contributed by atoms with van der Waals surface area (Å²) in [6.07, 6.45) is 0. The maximum Gasteiger partial charge on any atom is 0.227 e. The molecule has 6 aromatic rings. The first-order valence-electron chi connectivity index (χ1n) is 9.19. The lowest BCUT2D eigenvalue weighted by atomic mass is 10.1. The zero-order chi connectivity index (χ0) is 18.5. The minimum atomic E-state index is 0.633. The van der Waals surface area contributed by atoms with Crippen molar-refractivity contribution in [3.05, 3.63) is 91.0 Å². The standard InChI is InChI=1S/C24H15N3O/c1-3-7-22-17(5-1)13-14-19-15-21(26-27(19)22)16-9-11-18(12-10-16)24-25-20-6-2-4-8-23(20)28-24/h1-15H. The highest BCUT2D eigenvalue weighted by molar-refractivity contribution is 5.83. The first-order chi connectivity index (χ1) is 13.8. The van der Waals surface area contributed by atoms with Gasteiger partial charge in [0.1, 0.15) is 5.52 Å². The number of nitrogens with zero attached hydrogens (tertiary/aromatic N) is 3. The summed E-state index contributed by atoms with van der Waals surface area (Å²) in [5, 5.41) is 6.00. The minimum Gasteiger partial charge on any atom is -0.436 e. The average Bonchev–Trinajstić information content (AvgIpc) is 3.38. The second kappa shape index (κ2) is 5.79. The van der Waals surface area contributed by atoms with Gasteiger partial charge in [-0.2, -0.15) is 5.10 Å². The van der Waals surface area contributed by atoms with Crippen LogP contribution in [-0.4, -0.2) is 14.6 Å². The highest BCUT2D eigenvalue weighted by Gasteiger charge is 2.10. The van der Waals surface area contributed by atoms with Gasteiger partial charge >= 0.3 is 0 Å². The first-order valence-corrected chi connectivity index (χ1v) is 9.19. The van der Waals surface area contributed by atoms with Crippen molar-refractivity contribution < 1.29 is 4.42 Å². The summed E-state index contributed by atoms with van der Waals surface area (Å²) in [7, 11) is 0. The number of benzene rings is 3. The second-order valence-corrected chi connectivity index (χ2v) is 6.82. The van der Waals surface area contributed by atoms with E-state index in [-0.39, 0.29) is 0 Å². The largest absolute Gasteiger partial charge is 0.436 e. The van der Waals surface area contributed by atoms with Crippen LogP contribution < -0.4 is 0 Å². The minimum absolute atomic E-state index is 0.633. The molecule has 0 bridgehead atoms. The third-order valence-electron chi connectivity index (χ3n) is 5.06. The molecule has 0 fully saturated rings. The van der Waals surface area contributed by atoms with E-state index in [0.29, 0.717) is 5.89 Å². The molecule has 0 saturated heterocycles. The van der Waals surface area contributed by atoms with Gasteiger partial charge in [0.15, 0.2) is 5.58 Å². The molecule has 0 amide bonds. The summed E-state index contributed by atoms with van der Waals surface area (Å²) >= 11 is 0. The van der Waals surface area contributed by atoms with Crippen molar-refractivity contribution in [2.45, 2.75) is 0 Å². The van der Waals surface area contributed by atoms with Gasteiger partial charge < -0.3 is 4.42 Å². The molecule has 4 heteroatoms. The van der Waals surface area contributed by atoms with Crippen molar-refractivity contribution in [3.63, 3.8) is 0 Å². The van der Waals surface area contributed by atoms with Gasteiger partial charge in [-0.05, 0) is 42.5 Å². The Hall–Kier alpha value is -3.92. The predicted octanol–water partition coefficient (Wildman–Crippen LogP) is 5.96. The monoisotopic (exact) mass is 361 g/mol. The van der Waals surface area contributed by atoms with E-state index in [1.807, 2.05) is 53.0 Å². The van der Waals surface area contributed by atoms with E-state index in [4.69, 9.17) is 9.52 Å². The molecular weight excluding hydrogens is 346 g/mol. The van der Waals surface area contributed by atoms with Gasteiger partial charge in [-0.1, -0.05) is 48.5 Å². The number of para-hydroxylation sites is 3. The topological polar surface area (TPSA) is 43.3 Å². The SMILES string of the molecule is c1ccc2c(c1)ccc1cc(-c3ccc(-c4nc5ccccc5o4)cc3)nn12. The van der Waals surface area contributed by atoms with Crippen LogP contribution in [0.4, 0.5) is 0 Å². The predicted molar refractivity (Wildman–Crippen MR) is 111 cm³/mol. The van der Waals surface area contributed by atoms with Gasteiger partial charge in [-0.15, -0.1) is 0 Å². The Labute approximate surface area is 160 Å². The fourth-order valence-electron chi connectivity index (χ4n) is 3.62. The maximum atomic E-state index is 5.87. The lowest BCUT2D eigenvalue weighted by Crippen LogP contribution is -1.89. The summed E-state index contributed by atoms with van der Waals surface area (Å²) in [6, 6.07) is 30.6. The normalized spacial score (nSPS) is 11.6. The van der Waals surface area contributed by atoms with Crippen LogP contribution in [-0.2, 0) is 0 Å². The third kappa shape index (κ3) is 2.32. The van der Waals surface area contributed by atoms with Gasteiger partial charge in [0.25, 0.3) is 0 Å². The average molecular weight is 361 g/mol. The summed E-state index contributed by atoms with van der Waals surface area (Å²) < 4.78 is 7.86. The van der Waals surface area contributed by atoms with Crippen LogP contribution in [0.25, 0.3) is 50.2 Å². The van der Waals surface area contributed by atoms with E-state index < -0.39 is 0 Å². The Morgan fingerprint density at radius 3 is 2.39 bits per heavy atom. The quantitative estimate of drug-likeness (QED) is 0.382. The molecule has 0 saturated carbocycles. The highest BCUT2D eigenvalue weighted by atomic mass is 16.3. The molecule has 0 unspecified atom stereocenters. The molecular formula is C24H15N3O. The maximum absolute atomic E-state index is 5.87. The molecule has 0 radical (unpaired) electrons. The van der Waals surface area contributed by atoms with Gasteiger partial charge in [0.2, 0.25) is 5.89 Å². The van der Waals surface area contributed by atoms with E-state index in [1.165, 1.54) is 5.39 Å². The zero-order valence-electron chi connectivity index (χ0n) is 14.9. The van der Waals surface area contributed by atoms with E-state index in [1.54, 1.807) is 0 Å². The molecule has 0 aliphatic rings. The number of aromatic nitrogens is 3. The molecule has 3 aromatic carbocycles. The van der Waals surface area contributed by atoms with Crippen molar-refractivity contribution in [1.29, 1.82) is 0 Å². The van der Waals surface area contributed by atoms with Crippen LogP contribution in [0.1, 0.15) is 0 Å². The molecule has 0 spiro atoms. The van der Waals surface area contributed by atoms with E-state index in [9.17, 15) is 0 Å². The van der Waals surface area contributed by atoms with Crippen molar-refractivity contribution >= 4 is 27.5 Å². The summed E-state index contributed by atoms with van der Waals surface area (Å²) in [5.41, 5.74) is 6.82. The molecule has 3 heterocycles. The number of hydrogen-bond donors (Lipinski definition) is 0. The smallest absolute Gasteiger partial charge is 0.227 e. The van der Waals surface area contributed by atoms with Crippen LogP contribution >= 0.6 is 0 Å². The lowest BCUT2D eigenvalue weighted by molar-refractivity contribution is 0.620.